The van der Waals surface area contributed by atoms with Crippen LogP contribution in [0.4, 0.5) is 5.82 Å². The van der Waals surface area contributed by atoms with Gasteiger partial charge in [-0.25, -0.2) is 4.98 Å². The topological polar surface area (TPSA) is 48.5 Å². The highest BCUT2D eigenvalue weighted by atomic mass is 16.1. The van der Waals surface area contributed by atoms with Crippen LogP contribution in [0.3, 0.4) is 0 Å². The van der Waals surface area contributed by atoms with Crippen LogP contribution < -0.4 is 10.2 Å². The van der Waals surface area contributed by atoms with Crippen molar-refractivity contribution in [3.8, 4) is 0 Å². The summed E-state index contributed by atoms with van der Waals surface area (Å²) in [6.07, 6.45) is 7.84. The summed E-state index contributed by atoms with van der Waals surface area (Å²) in [5.74, 6) is 0.946. The summed E-state index contributed by atoms with van der Waals surface area (Å²) in [7, 11) is 2.13. The van der Waals surface area contributed by atoms with E-state index >= 15 is 0 Å². The highest BCUT2D eigenvalue weighted by Crippen LogP contribution is 2.23. The fourth-order valence-corrected chi connectivity index (χ4v) is 3.70. The SMILES string of the molecule is C[C@@H]1CCCCN1c1cc(C(=O)NC[C@@H]2CCCN2C)ccn1. The first kappa shape index (κ1) is 16.2. The monoisotopic (exact) mass is 316 g/mol. The van der Waals surface area contributed by atoms with E-state index in [0.29, 0.717) is 17.6 Å². The van der Waals surface area contributed by atoms with Crippen LogP contribution in [0.2, 0.25) is 0 Å². The number of nitrogens with one attached hydrogen (secondary N) is 1. The first-order chi connectivity index (χ1) is 11.1. The molecule has 0 aromatic carbocycles. The molecule has 23 heavy (non-hydrogen) atoms. The molecule has 3 rings (SSSR count). The summed E-state index contributed by atoms with van der Waals surface area (Å²) in [5, 5.41) is 3.09. The van der Waals surface area contributed by atoms with Crippen molar-refractivity contribution in [2.24, 2.45) is 0 Å². The van der Waals surface area contributed by atoms with E-state index in [2.05, 4.69) is 34.1 Å². The molecular formula is C18H28N4O. The number of piperidine rings is 1. The molecule has 0 radical (unpaired) electrons. The van der Waals surface area contributed by atoms with E-state index in [-0.39, 0.29) is 5.91 Å². The molecule has 2 fully saturated rings. The van der Waals surface area contributed by atoms with Crippen LogP contribution in [0.5, 0.6) is 0 Å². The quantitative estimate of drug-likeness (QED) is 0.926. The Hall–Kier alpha value is -1.62. The Morgan fingerprint density at radius 1 is 1.30 bits per heavy atom. The smallest absolute Gasteiger partial charge is 0.251 e. The lowest BCUT2D eigenvalue weighted by Gasteiger charge is -2.34. The minimum atomic E-state index is 0.0126. The molecule has 0 bridgehead atoms. The second kappa shape index (κ2) is 7.30. The minimum absolute atomic E-state index is 0.0126. The van der Waals surface area contributed by atoms with Gasteiger partial charge in [0, 0.05) is 36.9 Å². The fourth-order valence-electron chi connectivity index (χ4n) is 3.70. The maximum Gasteiger partial charge on any atom is 0.251 e. The van der Waals surface area contributed by atoms with Crippen molar-refractivity contribution >= 4 is 11.7 Å². The van der Waals surface area contributed by atoms with Crippen molar-refractivity contribution < 1.29 is 4.79 Å². The zero-order valence-electron chi connectivity index (χ0n) is 14.3. The lowest BCUT2D eigenvalue weighted by molar-refractivity contribution is 0.0943. The third kappa shape index (κ3) is 3.83. The van der Waals surface area contributed by atoms with E-state index < -0.39 is 0 Å². The number of hydrogen-bond acceptors (Lipinski definition) is 4. The van der Waals surface area contributed by atoms with Gasteiger partial charge in [0.2, 0.25) is 0 Å². The third-order valence-electron chi connectivity index (χ3n) is 5.27. The number of pyridine rings is 1. The van der Waals surface area contributed by atoms with Crippen LogP contribution in [-0.4, -0.2) is 54.6 Å². The van der Waals surface area contributed by atoms with Gasteiger partial charge in [0.15, 0.2) is 0 Å². The standard InChI is InChI=1S/C18H28N4O/c1-14-6-3-4-11-22(14)17-12-15(8-9-19-17)18(23)20-13-16-7-5-10-21(16)2/h8-9,12,14,16H,3-7,10-11,13H2,1-2H3,(H,20,23)/t14-,16+/m1/s1. The number of carbonyl (C=O) groups is 1. The normalized spacial score (nSPS) is 25.6. The number of nitrogens with zero attached hydrogens (tertiary/aromatic N) is 3. The molecule has 1 N–H and O–H groups in total. The van der Waals surface area contributed by atoms with Crippen molar-refractivity contribution in [2.75, 3.05) is 31.6 Å². The van der Waals surface area contributed by atoms with Gasteiger partial charge in [0.1, 0.15) is 5.82 Å². The number of hydrogen-bond donors (Lipinski definition) is 1. The Labute approximate surface area is 139 Å². The summed E-state index contributed by atoms with van der Waals surface area (Å²) < 4.78 is 0. The minimum Gasteiger partial charge on any atom is -0.354 e. The molecule has 1 aromatic rings. The summed E-state index contributed by atoms with van der Waals surface area (Å²) in [6.45, 7) is 5.13. The highest BCUT2D eigenvalue weighted by Gasteiger charge is 2.22. The fraction of sp³-hybridized carbons (Fsp3) is 0.667. The van der Waals surface area contributed by atoms with E-state index in [4.69, 9.17) is 0 Å². The van der Waals surface area contributed by atoms with Gasteiger partial charge in [-0.05, 0) is 64.8 Å². The maximum atomic E-state index is 12.4. The molecule has 2 atom stereocenters. The predicted octanol–water partition coefficient (Wildman–Crippen LogP) is 2.28. The summed E-state index contributed by atoms with van der Waals surface area (Å²) in [5.41, 5.74) is 0.716. The largest absolute Gasteiger partial charge is 0.354 e. The van der Waals surface area contributed by atoms with Crippen molar-refractivity contribution in [1.82, 2.24) is 15.2 Å². The Bertz CT molecular complexity index is 548. The Morgan fingerprint density at radius 2 is 2.17 bits per heavy atom. The van der Waals surface area contributed by atoms with Gasteiger partial charge in [0.25, 0.3) is 5.91 Å². The number of likely N-dealkylation sites (tertiary alicyclic amines) is 1. The van der Waals surface area contributed by atoms with E-state index in [1.165, 1.54) is 32.1 Å². The molecule has 3 heterocycles. The number of rotatable bonds is 4. The molecule has 1 aromatic heterocycles. The van der Waals surface area contributed by atoms with Crippen LogP contribution in [0.15, 0.2) is 18.3 Å². The summed E-state index contributed by atoms with van der Waals surface area (Å²) >= 11 is 0. The Kier molecular flexibility index (Phi) is 5.16. The molecule has 0 aliphatic carbocycles. The van der Waals surface area contributed by atoms with Gasteiger partial charge >= 0.3 is 0 Å². The molecule has 0 spiro atoms. The molecule has 0 unspecified atom stereocenters. The van der Waals surface area contributed by atoms with Gasteiger partial charge in [-0.3, -0.25) is 4.79 Å². The Morgan fingerprint density at radius 3 is 2.91 bits per heavy atom. The lowest BCUT2D eigenvalue weighted by Crippen LogP contribution is -2.39. The van der Waals surface area contributed by atoms with Gasteiger partial charge in [0.05, 0.1) is 0 Å². The van der Waals surface area contributed by atoms with Gasteiger partial charge < -0.3 is 15.1 Å². The average Bonchev–Trinajstić information content (AvgIpc) is 2.98. The molecule has 2 saturated heterocycles. The van der Waals surface area contributed by atoms with E-state index in [9.17, 15) is 4.79 Å². The van der Waals surface area contributed by atoms with Gasteiger partial charge in [-0.15, -0.1) is 0 Å². The second-order valence-electron chi connectivity index (χ2n) is 6.93. The second-order valence-corrected chi connectivity index (χ2v) is 6.93. The summed E-state index contributed by atoms with van der Waals surface area (Å²) in [4.78, 5) is 21.6. The Balaban J connectivity index is 1.63. The van der Waals surface area contributed by atoms with Gasteiger partial charge in [-0.1, -0.05) is 0 Å². The maximum absolute atomic E-state index is 12.4. The number of likely N-dealkylation sites (N-methyl/N-ethyl adjacent to an activating group) is 1. The first-order valence-electron chi connectivity index (χ1n) is 8.86. The average molecular weight is 316 g/mol. The molecule has 0 saturated carbocycles. The molecule has 2 aliphatic rings. The highest BCUT2D eigenvalue weighted by molar-refractivity contribution is 5.94. The van der Waals surface area contributed by atoms with Crippen molar-refractivity contribution in [3.63, 3.8) is 0 Å². The zero-order valence-corrected chi connectivity index (χ0v) is 14.3. The van der Waals surface area contributed by atoms with Crippen molar-refractivity contribution in [3.05, 3.63) is 23.9 Å². The van der Waals surface area contributed by atoms with Crippen molar-refractivity contribution in [1.29, 1.82) is 0 Å². The number of amides is 1. The van der Waals surface area contributed by atoms with E-state index in [1.54, 1.807) is 6.20 Å². The molecule has 5 heteroatoms. The number of carbonyl (C=O) groups excluding carboxylic acids is 1. The number of aromatic nitrogens is 1. The molecule has 2 aliphatic heterocycles. The van der Waals surface area contributed by atoms with Crippen LogP contribution in [0.25, 0.3) is 0 Å². The zero-order chi connectivity index (χ0) is 16.2. The van der Waals surface area contributed by atoms with Crippen LogP contribution in [-0.2, 0) is 0 Å². The molecule has 1 amide bonds. The van der Waals surface area contributed by atoms with Crippen LogP contribution >= 0.6 is 0 Å². The van der Waals surface area contributed by atoms with Crippen molar-refractivity contribution in [2.45, 2.75) is 51.1 Å². The molecule has 5 nitrogen and oxygen atoms in total. The third-order valence-corrected chi connectivity index (χ3v) is 5.27. The first-order valence-corrected chi connectivity index (χ1v) is 8.86. The summed E-state index contributed by atoms with van der Waals surface area (Å²) in [6, 6.07) is 4.73. The van der Waals surface area contributed by atoms with Crippen LogP contribution in [0.1, 0.15) is 49.4 Å². The van der Waals surface area contributed by atoms with E-state index in [0.717, 1.165) is 25.5 Å². The lowest BCUT2D eigenvalue weighted by atomic mass is 10.0. The molecular weight excluding hydrogens is 288 g/mol. The number of anilines is 1. The van der Waals surface area contributed by atoms with E-state index in [1.807, 2.05) is 12.1 Å². The molecule has 126 valence electrons. The van der Waals surface area contributed by atoms with Crippen LogP contribution in [0, 0.1) is 0 Å². The predicted molar refractivity (Wildman–Crippen MR) is 92.9 cm³/mol. The van der Waals surface area contributed by atoms with Gasteiger partial charge in [-0.2, -0.15) is 0 Å².